The van der Waals surface area contributed by atoms with E-state index in [0.717, 1.165) is 29.3 Å². The molecule has 90 valence electrons. The van der Waals surface area contributed by atoms with Crippen LogP contribution >= 0.6 is 0 Å². The minimum Gasteiger partial charge on any atom is -0.414 e. The number of rotatable bonds is 5. The van der Waals surface area contributed by atoms with Gasteiger partial charge < -0.3 is 18.6 Å². The van der Waals surface area contributed by atoms with Gasteiger partial charge >= 0.3 is 0 Å². The molecule has 2 unspecified atom stereocenters. The normalized spacial score (nSPS) is 25.4. The maximum Gasteiger partial charge on any atom is 0.245 e. The van der Waals surface area contributed by atoms with E-state index in [0.29, 0.717) is 0 Å². The lowest BCUT2D eigenvalue weighted by Crippen LogP contribution is -2.60. The molecule has 1 aliphatic heterocycles. The third kappa shape index (κ3) is 2.69. The van der Waals surface area contributed by atoms with Crippen molar-refractivity contribution in [1.82, 2.24) is 0 Å². The molecule has 1 fully saturated rings. The summed E-state index contributed by atoms with van der Waals surface area (Å²) in [6, 6.07) is 1.11. The van der Waals surface area contributed by atoms with E-state index < -0.39 is 14.5 Å². The molecule has 0 aromatic carbocycles. The van der Waals surface area contributed by atoms with E-state index in [2.05, 4.69) is 0 Å². The average molecular weight is 250 g/mol. The molecule has 1 saturated heterocycles. The van der Waals surface area contributed by atoms with Crippen molar-refractivity contribution in [2.24, 2.45) is 0 Å². The van der Waals surface area contributed by atoms with Crippen molar-refractivity contribution in [1.29, 1.82) is 0 Å². The summed E-state index contributed by atoms with van der Waals surface area (Å²) in [6.07, 6.45) is 2.38. The highest BCUT2D eigenvalue weighted by Crippen LogP contribution is 2.28. The highest BCUT2D eigenvalue weighted by Gasteiger charge is 2.47. The number of hydrogen-bond donors (Lipinski definition) is 0. The van der Waals surface area contributed by atoms with Crippen LogP contribution in [0.5, 0.6) is 0 Å². The standard InChI is InChI=1S/C9H22O4Si2/c1-10-8(14)9(11-2,12-3)15-7-5-4-6-13-15/h8,15H,4-7H2,1-3,14H3. The van der Waals surface area contributed by atoms with Gasteiger partial charge in [0.15, 0.2) is 5.41 Å². The summed E-state index contributed by atoms with van der Waals surface area (Å²) >= 11 is 0. The van der Waals surface area contributed by atoms with Gasteiger partial charge in [-0.3, -0.25) is 0 Å². The van der Waals surface area contributed by atoms with Gasteiger partial charge in [0.1, 0.15) is 0 Å². The molecule has 0 N–H and O–H groups in total. The predicted molar refractivity (Wildman–Crippen MR) is 64.6 cm³/mol. The third-order valence-corrected chi connectivity index (χ3v) is 8.54. The van der Waals surface area contributed by atoms with Crippen LogP contribution in [0.4, 0.5) is 0 Å². The van der Waals surface area contributed by atoms with Crippen LogP contribution in [0, 0.1) is 0 Å². The van der Waals surface area contributed by atoms with E-state index in [9.17, 15) is 0 Å². The van der Waals surface area contributed by atoms with E-state index in [1.807, 2.05) is 0 Å². The molecular weight excluding hydrogens is 228 g/mol. The van der Waals surface area contributed by atoms with Gasteiger partial charge in [-0.15, -0.1) is 0 Å². The first-order chi connectivity index (χ1) is 7.21. The molecule has 4 nitrogen and oxygen atoms in total. The van der Waals surface area contributed by atoms with Crippen LogP contribution in [-0.4, -0.2) is 58.4 Å². The van der Waals surface area contributed by atoms with Gasteiger partial charge in [0.2, 0.25) is 9.04 Å². The summed E-state index contributed by atoms with van der Waals surface area (Å²) in [5.74, 6) is 0. The van der Waals surface area contributed by atoms with E-state index in [1.54, 1.807) is 21.3 Å². The Hall–Kier alpha value is 0.274. The van der Waals surface area contributed by atoms with Crippen molar-refractivity contribution in [2.45, 2.75) is 30.0 Å². The van der Waals surface area contributed by atoms with Gasteiger partial charge in [-0.05, 0) is 12.5 Å². The SMILES string of the molecule is COC([SiH3])C(OC)(OC)[SiH]1CCCCO1. The fourth-order valence-corrected chi connectivity index (χ4v) is 6.85. The largest absolute Gasteiger partial charge is 0.414 e. The Morgan fingerprint density at radius 2 is 1.93 bits per heavy atom. The van der Waals surface area contributed by atoms with E-state index >= 15 is 0 Å². The molecule has 0 amide bonds. The molecule has 0 saturated carbocycles. The second-order valence-corrected chi connectivity index (χ2v) is 7.60. The zero-order valence-electron chi connectivity index (χ0n) is 10.1. The lowest BCUT2D eigenvalue weighted by atomic mass is 10.4. The number of hydrogen-bond acceptors (Lipinski definition) is 4. The molecule has 0 aromatic rings. The average Bonchev–Trinajstić information content (AvgIpc) is 2.32. The summed E-state index contributed by atoms with van der Waals surface area (Å²) in [4.78, 5) is 0. The third-order valence-electron chi connectivity index (χ3n) is 3.19. The Labute approximate surface area is 96.4 Å². The molecule has 1 heterocycles. The maximum atomic E-state index is 5.88. The van der Waals surface area contributed by atoms with Crippen LogP contribution < -0.4 is 0 Å². The van der Waals surface area contributed by atoms with Crippen molar-refractivity contribution in [3.05, 3.63) is 0 Å². The molecule has 6 heteroatoms. The molecule has 1 rings (SSSR count). The Morgan fingerprint density at radius 3 is 2.33 bits per heavy atom. The first-order valence-electron chi connectivity index (χ1n) is 5.46. The summed E-state index contributed by atoms with van der Waals surface area (Å²) in [6.45, 7) is 0.851. The molecule has 2 atom stereocenters. The van der Waals surface area contributed by atoms with Crippen molar-refractivity contribution >= 4 is 19.3 Å². The predicted octanol–water partition coefficient (Wildman–Crippen LogP) is -0.613. The van der Waals surface area contributed by atoms with Gasteiger partial charge in [-0.1, -0.05) is 6.42 Å². The fourth-order valence-electron chi connectivity index (χ4n) is 2.16. The van der Waals surface area contributed by atoms with Crippen LogP contribution in [-0.2, 0) is 18.6 Å². The lowest BCUT2D eigenvalue weighted by Gasteiger charge is -2.42. The monoisotopic (exact) mass is 250 g/mol. The second-order valence-electron chi connectivity index (χ2n) is 3.86. The first-order valence-corrected chi connectivity index (χ1v) is 8.48. The van der Waals surface area contributed by atoms with Crippen molar-refractivity contribution in [2.75, 3.05) is 27.9 Å². The summed E-state index contributed by atoms with van der Waals surface area (Å²) in [5.41, 5.74) is -0.538. The Kier molecular flexibility index (Phi) is 5.44. The highest BCUT2D eigenvalue weighted by molar-refractivity contribution is 6.56. The molecular formula is C9H22O4Si2. The van der Waals surface area contributed by atoms with Crippen LogP contribution in [0.15, 0.2) is 0 Å². The number of methoxy groups -OCH3 is 3. The summed E-state index contributed by atoms with van der Waals surface area (Å²) in [5, 5.41) is 0. The smallest absolute Gasteiger partial charge is 0.245 e. The van der Waals surface area contributed by atoms with Crippen molar-refractivity contribution in [3.8, 4) is 0 Å². The summed E-state index contributed by atoms with van der Waals surface area (Å²) in [7, 11) is 4.49. The van der Waals surface area contributed by atoms with Crippen LogP contribution in [0.2, 0.25) is 6.04 Å². The van der Waals surface area contributed by atoms with E-state index in [1.165, 1.54) is 6.42 Å². The number of ether oxygens (including phenoxy) is 3. The van der Waals surface area contributed by atoms with Gasteiger partial charge in [-0.25, -0.2) is 0 Å². The molecule has 15 heavy (non-hydrogen) atoms. The quantitative estimate of drug-likeness (QED) is 0.482. The van der Waals surface area contributed by atoms with Gasteiger partial charge in [0.25, 0.3) is 0 Å². The van der Waals surface area contributed by atoms with Gasteiger partial charge in [0.05, 0.1) is 5.73 Å². The molecule has 0 radical (unpaired) electrons. The second kappa shape index (κ2) is 6.12. The first kappa shape index (κ1) is 13.3. The maximum absolute atomic E-state index is 5.88. The molecule has 0 spiro atoms. The van der Waals surface area contributed by atoms with E-state index in [-0.39, 0.29) is 5.73 Å². The topological polar surface area (TPSA) is 36.9 Å². The van der Waals surface area contributed by atoms with Crippen LogP contribution in [0.3, 0.4) is 0 Å². The highest BCUT2D eigenvalue weighted by atomic mass is 28.3. The Morgan fingerprint density at radius 1 is 1.27 bits per heavy atom. The van der Waals surface area contributed by atoms with Crippen LogP contribution in [0.1, 0.15) is 12.8 Å². The Balaban J connectivity index is 2.77. The van der Waals surface area contributed by atoms with E-state index in [4.69, 9.17) is 18.6 Å². The van der Waals surface area contributed by atoms with Crippen LogP contribution in [0.25, 0.3) is 0 Å². The molecule has 0 bridgehead atoms. The van der Waals surface area contributed by atoms with Gasteiger partial charge in [-0.2, -0.15) is 0 Å². The minimum atomic E-state index is -1.49. The molecule has 0 aliphatic carbocycles. The zero-order chi connectivity index (χ0) is 11.3. The molecule has 0 aromatic heterocycles. The van der Waals surface area contributed by atoms with Crippen molar-refractivity contribution < 1.29 is 18.6 Å². The minimum absolute atomic E-state index is 0.0438. The van der Waals surface area contributed by atoms with Crippen molar-refractivity contribution in [3.63, 3.8) is 0 Å². The fraction of sp³-hybridized carbons (Fsp3) is 1.00. The Bertz CT molecular complexity index is 181. The summed E-state index contributed by atoms with van der Waals surface area (Å²) < 4.78 is 22.5. The lowest BCUT2D eigenvalue weighted by molar-refractivity contribution is -0.198. The zero-order valence-corrected chi connectivity index (χ0v) is 13.3. The molecule has 1 aliphatic rings. The van der Waals surface area contributed by atoms with Gasteiger partial charge in [0, 0.05) is 38.2 Å².